The van der Waals surface area contributed by atoms with Crippen LogP contribution in [0.25, 0.3) is 0 Å². The van der Waals surface area contributed by atoms with Gasteiger partial charge in [-0.25, -0.2) is 0 Å². The second-order valence-corrected chi connectivity index (χ2v) is 5.53. The number of rotatable bonds is 8. The van der Waals surface area contributed by atoms with E-state index >= 15 is 0 Å². The third kappa shape index (κ3) is 8.16. The number of amides is 1. The maximum atomic E-state index is 11.7. The van der Waals surface area contributed by atoms with E-state index in [2.05, 4.69) is 24.5 Å². The second kappa shape index (κ2) is 7.67. The van der Waals surface area contributed by atoms with Crippen LogP contribution in [0.2, 0.25) is 0 Å². The first kappa shape index (κ1) is 16.4. The summed E-state index contributed by atoms with van der Waals surface area (Å²) in [6.07, 6.45) is 0.880. The molecule has 102 valence electrons. The van der Waals surface area contributed by atoms with Crippen molar-refractivity contribution in [3.8, 4) is 0 Å². The van der Waals surface area contributed by atoms with Crippen LogP contribution in [0.4, 0.5) is 0 Å². The lowest BCUT2D eigenvalue weighted by Gasteiger charge is -2.24. The normalized spacial score (nSPS) is 13.8. The van der Waals surface area contributed by atoms with Crippen LogP contribution in [0.1, 0.15) is 41.0 Å². The third-order valence-electron chi connectivity index (χ3n) is 2.81. The van der Waals surface area contributed by atoms with Gasteiger partial charge in [0.15, 0.2) is 0 Å². The van der Waals surface area contributed by atoms with E-state index in [1.165, 1.54) is 0 Å². The summed E-state index contributed by atoms with van der Waals surface area (Å²) in [5.41, 5.74) is -0.138. The van der Waals surface area contributed by atoms with Gasteiger partial charge in [-0.05, 0) is 39.7 Å². The summed E-state index contributed by atoms with van der Waals surface area (Å²) in [4.78, 5) is 11.7. The van der Waals surface area contributed by atoms with Crippen LogP contribution in [0.5, 0.6) is 0 Å². The fourth-order valence-electron chi connectivity index (χ4n) is 1.24. The molecule has 0 saturated carbocycles. The van der Waals surface area contributed by atoms with Crippen LogP contribution in [0.3, 0.4) is 0 Å². The number of hydrogen-bond donors (Lipinski definition) is 2. The predicted molar refractivity (Wildman–Crippen MR) is 71.0 cm³/mol. The highest BCUT2D eigenvalue weighted by Crippen LogP contribution is 2.11. The average molecular weight is 244 g/mol. The van der Waals surface area contributed by atoms with Crippen molar-refractivity contribution in [1.29, 1.82) is 0 Å². The number of nitrogens with one attached hydrogen (secondary N) is 2. The Kier molecular flexibility index (Phi) is 7.39. The van der Waals surface area contributed by atoms with Crippen LogP contribution >= 0.6 is 0 Å². The molecular weight excluding hydrogens is 216 g/mol. The Morgan fingerprint density at radius 2 is 1.88 bits per heavy atom. The Hall–Kier alpha value is -0.610. The van der Waals surface area contributed by atoms with Gasteiger partial charge in [0.1, 0.15) is 0 Å². The Balaban J connectivity index is 3.78. The highest BCUT2D eigenvalue weighted by atomic mass is 16.5. The van der Waals surface area contributed by atoms with Gasteiger partial charge < -0.3 is 15.4 Å². The SMILES string of the molecule is COC(C)(C)CCNC(C)C(=O)NCC(C)C. The van der Waals surface area contributed by atoms with E-state index in [4.69, 9.17) is 4.74 Å². The molecule has 0 aromatic rings. The number of hydrogen-bond acceptors (Lipinski definition) is 3. The minimum absolute atomic E-state index is 0.0638. The Morgan fingerprint density at radius 1 is 1.29 bits per heavy atom. The maximum Gasteiger partial charge on any atom is 0.236 e. The zero-order chi connectivity index (χ0) is 13.5. The van der Waals surface area contributed by atoms with Crippen molar-refractivity contribution in [2.75, 3.05) is 20.2 Å². The van der Waals surface area contributed by atoms with E-state index in [0.29, 0.717) is 5.92 Å². The van der Waals surface area contributed by atoms with Gasteiger partial charge in [0.2, 0.25) is 5.91 Å². The van der Waals surface area contributed by atoms with Crippen LogP contribution < -0.4 is 10.6 Å². The van der Waals surface area contributed by atoms with Gasteiger partial charge in [-0.15, -0.1) is 0 Å². The quantitative estimate of drug-likeness (QED) is 0.681. The first-order valence-corrected chi connectivity index (χ1v) is 6.34. The fourth-order valence-corrected chi connectivity index (χ4v) is 1.24. The molecule has 0 heterocycles. The first-order chi connectivity index (χ1) is 7.78. The number of carbonyl (C=O) groups excluding carboxylic acids is 1. The molecular formula is C13H28N2O2. The molecule has 0 radical (unpaired) electrons. The minimum atomic E-state index is -0.151. The smallest absolute Gasteiger partial charge is 0.236 e. The standard InChI is InChI=1S/C13H28N2O2/c1-10(2)9-15-12(16)11(3)14-8-7-13(4,5)17-6/h10-11,14H,7-9H2,1-6H3,(H,15,16). The van der Waals surface area contributed by atoms with E-state index in [9.17, 15) is 4.79 Å². The van der Waals surface area contributed by atoms with Gasteiger partial charge in [-0.2, -0.15) is 0 Å². The Morgan fingerprint density at radius 3 is 2.35 bits per heavy atom. The molecule has 17 heavy (non-hydrogen) atoms. The number of methoxy groups -OCH3 is 1. The number of ether oxygens (including phenoxy) is 1. The van der Waals surface area contributed by atoms with Crippen molar-refractivity contribution in [3.63, 3.8) is 0 Å². The van der Waals surface area contributed by atoms with Crippen LogP contribution in [-0.4, -0.2) is 37.7 Å². The van der Waals surface area contributed by atoms with Gasteiger partial charge in [-0.1, -0.05) is 13.8 Å². The van der Waals surface area contributed by atoms with Crippen molar-refractivity contribution in [3.05, 3.63) is 0 Å². The van der Waals surface area contributed by atoms with Crippen molar-refractivity contribution in [2.45, 2.75) is 52.7 Å². The van der Waals surface area contributed by atoms with Crippen molar-refractivity contribution >= 4 is 5.91 Å². The lowest BCUT2D eigenvalue weighted by Crippen LogP contribution is -2.44. The summed E-state index contributed by atoms with van der Waals surface area (Å²) in [5.74, 6) is 0.549. The summed E-state index contributed by atoms with van der Waals surface area (Å²) in [6.45, 7) is 11.6. The average Bonchev–Trinajstić information content (AvgIpc) is 2.25. The van der Waals surface area contributed by atoms with Crippen molar-refractivity contribution in [2.24, 2.45) is 5.92 Å². The monoisotopic (exact) mass is 244 g/mol. The van der Waals surface area contributed by atoms with E-state index in [-0.39, 0.29) is 17.6 Å². The molecule has 2 N–H and O–H groups in total. The van der Waals surface area contributed by atoms with Gasteiger partial charge >= 0.3 is 0 Å². The highest BCUT2D eigenvalue weighted by molar-refractivity contribution is 5.81. The molecule has 4 nitrogen and oxygen atoms in total. The molecule has 0 fully saturated rings. The summed E-state index contributed by atoms with van der Waals surface area (Å²) in [7, 11) is 1.71. The van der Waals surface area contributed by atoms with Gasteiger partial charge in [0.25, 0.3) is 0 Å². The van der Waals surface area contributed by atoms with Crippen LogP contribution in [-0.2, 0) is 9.53 Å². The maximum absolute atomic E-state index is 11.7. The highest BCUT2D eigenvalue weighted by Gasteiger charge is 2.17. The molecule has 0 bridgehead atoms. The Bertz CT molecular complexity index is 227. The van der Waals surface area contributed by atoms with E-state index in [1.807, 2.05) is 20.8 Å². The van der Waals surface area contributed by atoms with Gasteiger partial charge in [-0.3, -0.25) is 4.79 Å². The zero-order valence-electron chi connectivity index (χ0n) is 12.1. The van der Waals surface area contributed by atoms with Crippen LogP contribution in [0, 0.1) is 5.92 Å². The van der Waals surface area contributed by atoms with Gasteiger partial charge in [0.05, 0.1) is 11.6 Å². The fraction of sp³-hybridized carbons (Fsp3) is 0.923. The molecule has 0 saturated heterocycles. The molecule has 0 aromatic carbocycles. The predicted octanol–water partition coefficient (Wildman–Crippen LogP) is 1.55. The molecule has 0 aliphatic carbocycles. The van der Waals surface area contributed by atoms with E-state index in [0.717, 1.165) is 19.5 Å². The van der Waals surface area contributed by atoms with E-state index < -0.39 is 0 Å². The lowest BCUT2D eigenvalue weighted by atomic mass is 10.1. The third-order valence-corrected chi connectivity index (χ3v) is 2.81. The Labute approximate surface area is 105 Å². The molecule has 0 aliphatic heterocycles. The van der Waals surface area contributed by atoms with Gasteiger partial charge in [0, 0.05) is 13.7 Å². The second-order valence-electron chi connectivity index (χ2n) is 5.53. The lowest BCUT2D eigenvalue weighted by molar-refractivity contribution is -0.123. The van der Waals surface area contributed by atoms with Crippen molar-refractivity contribution < 1.29 is 9.53 Å². The first-order valence-electron chi connectivity index (χ1n) is 6.34. The molecule has 1 atom stereocenters. The van der Waals surface area contributed by atoms with E-state index in [1.54, 1.807) is 7.11 Å². The topological polar surface area (TPSA) is 50.4 Å². The minimum Gasteiger partial charge on any atom is -0.379 e. The molecule has 1 unspecified atom stereocenters. The number of carbonyl (C=O) groups is 1. The summed E-state index contributed by atoms with van der Waals surface area (Å²) in [5, 5.41) is 6.12. The van der Waals surface area contributed by atoms with Crippen molar-refractivity contribution in [1.82, 2.24) is 10.6 Å². The molecule has 0 spiro atoms. The molecule has 4 heteroatoms. The molecule has 0 aromatic heterocycles. The summed E-state index contributed by atoms with van der Waals surface area (Å²) >= 11 is 0. The van der Waals surface area contributed by atoms with Crippen LogP contribution in [0.15, 0.2) is 0 Å². The largest absolute Gasteiger partial charge is 0.379 e. The summed E-state index contributed by atoms with van der Waals surface area (Å²) < 4.78 is 5.32. The molecule has 0 aliphatic rings. The molecule has 1 amide bonds. The summed E-state index contributed by atoms with van der Waals surface area (Å²) in [6, 6.07) is -0.151. The molecule has 0 rings (SSSR count). The zero-order valence-corrected chi connectivity index (χ0v) is 12.1.